The van der Waals surface area contributed by atoms with Crippen LogP contribution in [0.3, 0.4) is 0 Å². The summed E-state index contributed by atoms with van der Waals surface area (Å²) in [5.41, 5.74) is 4.28. The molecule has 0 unspecified atom stereocenters. The Bertz CT molecular complexity index is 813. The van der Waals surface area contributed by atoms with Crippen LogP contribution in [0.4, 0.5) is 0 Å². The fourth-order valence-corrected chi connectivity index (χ4v) is 2.99. The van der Waals surface area contributed by atoms with Crippen LogP contribution in [0.5, 0.6) is 0 Å². The summed E-state index contributed by atoms with van der Waals surface area (Å²) in [5, 5.41) is 5.93. The van der Waals surface area contributed by atoms with Crippen LogP contribution in [0.1, 0.15) is 67.1 Å². The highest BCUT2D eigenvalue weighted by molar-refractivity contribution is 5.94. The van der Waals surface area contributed by atoms with Gasteiger partial charge in [0.25, 0.3) is 5.91 Å². The Labute approximate surface area is 167 Å². The van der Waals surface area contributed by atoms with Crippen LogP contribution in [0.25, 0.3) is 0 Å². The third-order valence-corrected chi connectivity index (χ3v) is 5.08. The molecule has 0 bridgehead atoms. The fourth-order valence-electron chi connectivity index (χ4n) is 2.99. The number of carbonyl (C=O) groups is 2. The van der Waals surface area contributed by atoms with Crippen molar-refractivity contribution in [2.24, 2.45) is 0 Å². The molecule has 0 radical (unpaired) electrons. The molecule has 0 aromatic heterocycles. The third-order valence-electron chi connectivity index (χ3n) is 5.08. The van der Waals surface area contributed by atoms with Gasteiger partial charge in [-0.15, -0.1) is 0 Å². The van der Waals surface area contributed by atoms with Crippen LogP contribution in [0.15, 0.2) is 48.5 Å². The maximum absolute atomic E-state index is 12.1. The number of hydrogen-bond acceptors (Lipinski definition) is 2. The van der Waals surface area contributed by atoms with Gasteiger partial charge in [-0.25, -0.2) is 0 Å². The lowest BCUT2D eigenvalue weighted by molar-refractivity contribution is -0.121. The van der Waals surface area contributed by atoms with Gasteiger partial charge in [-0.05, 0) is 53.5 Å². The molecule has 2 amide bonds. The van der Waals surface area contributed by atoms with E-state index in [2.05, 4.69) is 55.7 Å². The number of amides is 2. The van der Waals surface area contributed by atoms with Gasteiger partial charge in [0.15, 0.2) is 0 Å². The zero-order valence-electron chi connectivity index (χ0n) is 17.0. The van der Waals surface area contributed by atoms with Crippen LogP contribution in [0.2, 0.25) is 0 Å². The number of carbonyl (C=O) groups excluding carboxylic acids is 2. The van der Waals surface area contributed by atoms with E-state index in [1.165, 1.54) is 11.1 Å². The van der Waals surface area contributed by atoms with E-state index < -0.39 is 0 Å². The predicted octanol–water partition coefficient (Wildman–Crippen LogP) is 4.13. The summed E-state index contributed by atoms with van der Waals surface area (Å²) in [7, 11) is 0. The molecule has 1 saturated carbocycles. The van der Waals surface area contributed by atoms with Crippen LogP contribution < -0.4 is 10.6 Å². The second-order valence-corrected chi connectivity index (χ2v) is 8.67. The van der Waals surface area contributed by atoms with Crippen molar-refractivity contribution >= 4 is 11.8 Å². The fraction of sp³-hybridized carbons (Fsp3) is 0.417. The molecule has 0 spiro atoms. The SMILES string of the molecule is CC(C)(C)c1ccc(CCC(=O)NCc2ccc(C(=O)NC3CC3)cc2)cc1. The Kier molecular flexibility index (Phi) is 6.18. The van der Waals surface area contributed by atoms with Crippen molar-refractivity contribution in [1.82, 2.24) is 10.6 Å². The monoisotopic (exact) mass is 378 g/mol. The molecule has 28 heavy (non-hydrogen) atoms. The molecule has 0 heterocycles. The van der Waals surface area contributed by atoms with E-state index in [-0.39, 0.29) is 17.2 Å². The van der Waals surface area contributed by atoms with Gasteiger partial charge in [-0.1, -0.05) is 57.2 Å². The van der Waals surface area contributed by atoms with E-state index in [1.807, 2.05) is 24.3 Å². The van der Waals surface area contributed by atoms with Crippen LogP contribution in [-0.2, 0) is 23.2 Å². The topological polar surface area (TPSA) is 58.2 Å². The average molecular weight is 379 g/mol. The van der Waals surface area contributed by atoms with Crippen molar-refractivity contribution in [3.63, 3.8) is 0 Å². The Morgan fingerprint density at radius 2 is 1.54 bits per heavy atom. The van der Waals surface area contributed by atoms with E-state index >= 15 is 0 Å². The lowest BCUT2D eigenvalue weighted by Gasteiger charge is -2.19. The summed E-state index contributed by atoms with van der Waals surface area (Å²) in [5.74, 6) is 0.0195. The zero-order valence-corrected chi connectivity index (χ0v) is 17.0. The van der Waals surface area contributed by atoms with Gasteiger partial charge in [-0.3, -0.25) is 9.59 Å². The number of benzene rings is 2. The summed E-state index contributed by atoms with van der Waals surface area (Å²) < 4.78 is 0. The molecule has 0 atom stereocenters. The summed E-state index contributed by atoms with van der Waals surface area (Å²) in [6.07, 6.45) is 3.36. The van der Waals surface area contributed by atoms with Gasteiger partial charge >= 0.3 is 0 Å². The first-order valence-corrected chi connectivity index (χ1v) is 10.1. The van der Waals surface area contributed by atoms with Gasteiger partial charge < -0.3 is 10.6 Å². The summed E-state index contributed by atoms with van der Waals surface area (Å²) in [4.78, 5) is 24.1. The lowest BCUT2D eigenvalue weighted by Crippen LogP contribution is -2.25. The summed E-state index contributed by atoms with van der Waals surface area (Å²) in [6, 6.07) is 16.3. The van der Waals surface area contributed by atoms with Crippen LogP contribution in [0, 0.1) is 0 Å². The Hall–Kier alpha value is -2.62. The minimum absolute atomic E-state index is 0.0180. The van der Waals surface area contributed by atoms with Crippen LogP contribution >= 0.6 is 0 Å². The normalized spacial score (nSPS) is 13.8. The van der Waals surface area contributed by atoms with Crippen molar-refractivity contribution in [3.05, 3.63) is 70.8 Å². The maximum atomic E-state index is 12.1. The molecule has 148 valence electrons. The van der Waals surface area contributed by atoms with Crippen molar-refractivity contribution in [3.8, 4) is 0 Å². The molecule has 1 aliphatic carbocycles. The Balaban J connectivity index is 1.42. The largest absolute Gasteiger partial charge is 0.352 e. The zero-order chi connectivity index (χ0) is 20.1. The summed E-state index contributed by atoms with van der Waals surface area (Å²) in [6.45, 7) is 7.07. The van der Waals surface area contributed by atoms with Gasteiger partial charge in [-0.2, -0.15) is 0 Å². The first-order valence-electron chi connectivity index (χ1n) is 10.1. The standard InChI is InChI=1S/C24H30N2O2/c1-24(2,3)20-11-6-17(7-12-20)8-15-22(27)25-16-18-4-9-19(10-5-18)23(28)26-21-13-14-21/h4-7,9-12,21H,8,13-16H2,1-3H3,(H,25,27)(H,26,28). The van der Waals surface area contributed by atoms with E-state index in [4.69, 9.17) is 0 Å². The minimum Gasteiger partial charge on any atom is -0.352 e. The predicted molar refractivity (Wildman–Crippen MR) is 112 cm³/mol. The highest BCUT2D eigenvalue weighted by Crippen LogP contribution is 2.22. The molecule has 2 aromatic rings. The molecule has 3 rings (SSSR count). The molecule has 0 saturated heterocycles. The maximum Gasteiger partial charge on any atom is 0.251 e. The smallest absolute Gasteiger partial charge is 0.251 e. The van der Waals surface area contributed by atoms with E-state index in [1.54, 1.807) is 0 Å². The first-order chi connectivity index (χ1) is 13.3. The molecule has 1 fully saturated rings. The number of aryl methyl sites for hydroxylation is 1. The Morgan fingerprint density at radius 3 is 2.11 bits per heavy atom. The molecule has 2 aromatic carbocycles. The molecular weight excluding hydrogens is 348 g/mol. The lowest BCUT2D eigenvalue weighted by atomic mass is 9.86. The quantitative estimate of drug-likeness (QED) is 0.761. The van der Waals surface area contributed by atoms with Crippen molar-refractivity contribution in [2.45, 2.75) is 64.5 Å². The number of nitrogens with one attached hydrogen (secondary N) is 2. The van der Waals surface area contributed by atoms with E-state index in [0.717, 1.165) is 24.8 Å². The van der Waals surface area contributed by atoms with Crippen molar-refractivity contribution < 1.29 is 9.59 Å². The van der Waals surface area contributed by atoms with Gasteiger partial charge in [0.1, 0.15) is 0 Å². The molecule has 4 heteroatoms. The minimum atomic E-state index is -0.0180. The molecule has 0 aliphatic heterocycles. The number of hydrogen-bond donors (Lipinski definition) is 2. The molecule has 1 aliphatic rings. The summed E-state index contributed by atoms with van der Waals surface area (Å²) >= 11 is 0. The highest BCUT2D eigenvalue weighted by atomic mass is 16.2. The van der Waals surface area contributed by atoms with Gasteiger partial charge in [0, 0.05) is 24.6 Å². The van der Waals surface area contributed by atoms with Gasteiger partial charge in [0.2, 0.25) is 5.91 Å². The van der Waals surface area contributed by atoms with E-state index in [9.17, 15) is 9.59 Å². The molecule has 4 nitrogen and oxygen atoms in total. The van der Waals surface area contributed by atoms with Crippen molar-refractivity contribution in [1.29, 1.82) is 0 Å². The van der Waals surface area contributed by atoms with Crippen LogP contribution in [-0.4, -0.2) is 17.9 Å². The van der Waals surface area contributed by atoms with Gasteiger partial charge in [0.05, 0.1) is 0 Å². The van der Waals surface area contributed by atoms with Crippen molar-refractivity contribution in [2.75, 3.05) is 0 Å². The average Bonchev–Trinajstić information content (AvgIpc) is 3.48. The molecule has 2 N–H and O–H groups in total. The Morgan fingerprint density at radius 1 is 0.929 bits per heavy atom. The third kappa shape index (κ3) is 5.95. The second kappa shape index (κ2) is 8.59. The van der Waals surface area contributed by atoms with E-state index in [0.29, 0.717) is 24.6 Å². The highest BCUT2D eigenvalue weighted by Gasteiger charge is 2.23. The first kappa shape index (κ1) is 20.1. The molecular formula is C24H30N2O2. The number of rotatable bonds is 7. The second-order valence-electron chi connectivity index (χ2n) is 8.67.